The number of aromatic nitrogens is 1. The summed E-state index contributed by atoms with van der Waals surface area (Å²) in [7, 11) is 0. The first-order valence-corrected chi connectivity index (χ1v) is 13.2. The predicted octanol–water partition coefficient (Wildman–Crippen LogP) is 4.73. The topological polar surface area (TPSA) is 75.9 Å². The van der Waals surface area contributed by atoms with Crippen LogP contribution in [0.4, 0.5) is 0 Å². The molecule has 0 bridgehead atoms. The van der Waals surface area contributed by atoms with Gasteiger partial charge in [0.2, 0.25) is 11.7 Å². The standard InChI is InChI=1S/C27H34ClN3O4/c1-2-4-22-13-24(35-29-22)25(32)30-12-3-11-27(18-30)14-23(16-31(26(27)33)15-19-5-6-19)34-17-20-7-9-21(28)10-8-20/h7-10,13,19,23H,2-6,11-12,14-18H2,1H3/t23-,27+/m0/s1. The third-order valence-electron chi connectivity index (χ3n) is 7.50. The molecule has 2 aliphatic heterocycles. The van der Waals surface area contributed by atoms with Gasteiger partial charge < -0.3 is 19.1 Å². The predicted molar refractivity (Wildman–Crippen MR) is 132 cm³/mol. The van der Waals surface area contributed by atoms with Crippen molar-refractivity contribution in [3.63, 3.8) is 0 Å². The molecule has 8 heteroatoms. The summed E-state index contributed by atoms with van der Waals surface area (Å²) in [6.45, 7) is 4.97. The molecule has 1 saturated carbocycles. The molecule has 7 nitrogen and oxygen atoms in total. The lowest BCUT2D eigenvalue weighted by Gasteiger charge is -2.49. The Labute approximate surface area is 211 Å². The maximum absolute atomic E-state index is 13.8. The number of nitrogens with zero attached hydrogens (tertiary/aromatic N) is 3. The van der Waals surface area contributed by atoms with E-state index in [0.717, 1.165) is 43.5 Å². The van der Waals surface area contributed by atoms with Gasteiger partial charge in [-0.15, -0.1) is 0 Å². The average Bonchev–Trinajstić information content (AvgIpc) is 3.56. The van der Waals surface area contributed by atoms with Gasteiger partial charge >= 0.3 is 0 Å². The number of halogens is 1. The van der Waals surface area contributed by atoms with Crippen LogP contribution in [0.1, 0.15) is 67.3 Å². The van der Waals surface area contributed by atoms with Crippen molar-refractivity contribution in [1.29, 1.82) is 0 Å². The highest BCUT2D eigenvalue weighted by atomic mass is 35.5. The van der Waals surface area contributed by atoms with Crippen LogP contribution in [0, 0.1) is 11.3 Å². The summed E-state index contributed by atoms with van der Waals surface area (Å²) in [5, 5.41) is 4.74. The van der Waals surface area contributed by atoms with Gasteiger partial charge in [-0.25, -0.2) is 0 Å². The van der Waals surface area contributed by atoms with Crippen LogP contribution < -0.4 is 0 Å². The van der Waals surface area contributed by atoms with Crippen LogP contribution in [-0.2, 0) is 22.6 Å². The van der Waals surface area contributed by atoms with E-state index in [1.807, 2.05) is 29.2 Å². The van der Waals surface area contributed by atoms with Gasteiger partial charge in [0.25, 0.3) is 5.91 Å². The molecule has 5 rings (SSSR count). The lowest BCUT2D eigenvalue weighted by Crippen LogP contribution is -2.61. The summed E-state index contributed by atoms with van der Waals surface area (Å²) < 4.78 is 11.7. The van der Waals surface area contributed by atoms with Crippen molar-refractivity contribution in [3.8, 4) is 0 Å². The summed E-state index contributed by atoms with van der Waals surface area (Å²) in [5.41, 5.74) is 1.24. The van der Waals surface area contributed by atoms with Crippen molar-refractivity contribution in [3.05, 3.63) is 52.4 Å². The Kier molecular flexibility index (Phi) is 7.17. The molecule has 35 heavy (non-hydrogen) atoms. The zero-order chi connectivity index (χ0) is 24.4. The van der Waals surface area contributed by atoms with Gasteiger partial charge in [0, 0.05) is 37.3 Å². The van der Waals surface area contributed by atoms with Crippen LogP contribution in [0.2, 0.25) is 5.02 Å². The molecule has 1 aromatic heterocycles. The largest absolute Gasteiger partial charge is 0.372 e. The van der Waals surface area contributed by atoms with E-state index in [0.29, 0.717) is 43.6 Å². The molecule has 2 saturated heterocycles. The van der Waals surface area contributed by atoms with Gasteiger partial charge in [0.05, 0.1) is 23.8 Å². The lowest BCUT2D eigenvalue weighted by atomic mass is 9.72. The average molecular weight is 500 g/mol. The first kappa shape index (κ1) is 24.3. The number of carbonyl (C=O) groups excluding carboxylic acids is 2. The Morgan fingerprint density at radius 3 is 2.83 bits per heavy atom. The number of ether oxygens (including phenoxy) is 1. The van der Waals surface area contributed by atoms with Crippen LogP contribution in [0.3, 0.4) is 0 Å². The molecule has 188 valence electrons. The first-order valence-electron chi connectivity index (χ1n) is 12.9. The number of likely N-dealkylation sites (tertiary alicyclic amines) is 2. The van der Waals surface area contributed by atoms with E-state index >= 15 is 0 Å². The summed E-state index contributed by atoms with van der Waals surface area (Å²) in [6.07, 6.45) is 6.20. The highest BCUT2D eigenvalue weighted by Gasteiger charge is 2.51. The van der Waals surface area contributed by atoms with Gasteiger partial charge in [0.1, 0.15) is 0 Å². The number of rotatable bonds is 8. The van der Waals surface area contributed by atoms with Crippen molar-refractivity contribution in [1.82, 2.24) is 15.0 Å². The minimum Gasteiger partial charge on any atom is -0.372 e. The number of aryl methyl sites for hydroxylation is 1. The number of carbonyl (C=O) groups is 2. The molecule has 3 aliphatic rings. The van der Waals surface area contributed by atoms with Gasteiger partial charge in [-0.05, 0) is 62.1 Å². The zero-order valence-corrected chi connectivity index (χ0v) is 21.1. The molecule has 2 amide bonds. The molecule has 2 atom stereocenters. The number of amides is 2. The highest BCUT2D eigenvalue weighted by molar-refractivity contribution is 6.30. The van der Waals surface area contributed by atoms with Crippen LogP contribution >= 0.6 is 11.6 Å². The van der Waals surface area contributed by atoms with Gasteiger partial charge in [-0.3, -0.25) is 9.59 Å². The summed E-state index contributed by atoms with van der Waals surface area (Å²) in [4.78, 5) is 30.9. The zero-order valence-electron chi connectivity index (χ0n) is 20.4. The minimum absolute atomic E-state index is 0.0707. The highest BCUT2D eigenvalue weighted by Crippen LogP contribution is 2.42. The van der Waals surface area contributed by atoms with E-state index in [1.54, 1.807) is 11.0 Å². The van der Waals surface area contributed by atoms with Crippen molar-refractivity contribution >= 4 is 23.4 Å². The lowest BCUT2D eigenvalue weighted by molar-refractivity contribution is -0.160. The van der Waals surface area contributed by atoms with Crippen LogP contribution in [0.25, 0.3) is 0 Å². The van der Waals surface area contributed by atoms with E-state index in [9.17, 15) is 9.59 Å². The van der Waals surface area contributed by atoms with E-state index < -0.39 is 5.41 Å². The minimum atomic E-state index is -0.613. The van der Waals surface area contributed by atoms with Gasteiger partial charge in [-0.1, -0.05) is 42.2 Å². The fraction of sp³-hybridized carbons (Fsp3) is 0.593. The normalized spacial score (nSPS) is 24.9. The fourth-order valence-electron chi connectivity index (χ4n) is 5.52. The second kappa shape index (κ2) is 10.3. The molecule has 3 fully saturated rings. The third kappa shape index (κ3) is 5.56. The van der Waals surface area contributed by atoms with E-state index in [2.05, 4.69) is 12.1 Å². The van der Waals surface area contributed by atoms with Crippen molar-refractivity contribution in [2.24, 2.45) is 11.3 Å². The molecule has 2 aromatic rings. The Morgan fingerprint density at radius 2 is 2.09 bits per heavy atom. The van der Waals surface area contributed by atoms with Crippen molar-refractivity contribution in [2.75, 3.05) is 26.2 Å². The molecule has 0 unspecified atom stereocenters. The number of hydrogen-bond acceptors (Lipinski definition) is 5. The summed E-state index contributed by atoms with van der Waals surface area (Å²) in [6, 6.07) is 9.42. The molecular weight excluding hydrogens is 466 g/mol. The Bertz CT molecular complexity index is 1050. The molecular formula is C27H34ClN3O4. The van der Waals surface area contributed by atoms with Crippen molar-refractivity contribution in [2.45, 2.75) is 64.6 Å². The molecule has 1 aromatic carbocycles. The summed E-state index contributed by atoms with van der Waals surface area (Å²) >= 11 is 6.02. The number of hydrogen-bond donors (Lipinski definition) is 0. The molecule has 0 radical (unpaired) electrons. The second-order valence-electron chi connectivity index (χ2n) is 10.5. The second-order valence-corrected chi connectivity index (χ2v) is 10.9. The monoisotopic (exact) mass is 499 g/mol. The maximum Gasteiger partial charge on any atom is 0.292 e. The smallest absolute Gasteiger partial charge is 0.292 e. The molecule has 3 heterocycles. The fourth-order valence-corrected chi connectivity index (χ4v) is 5.64. The summed E-state index contributed by atoms with van der Waals surface area (Å²) in [5.74, 6) is 0.861. The van der Waals surface area contributed by atoms with Crippen LogP contribution in [0.15, 0.2) is 34.9 Å². The van der Waals surface area contributed by atoms with Crippen LogP contribution in [0.5, 0.6) is 0 Å². The molecule has 0 N–H and O–H groups in total. The Balaban J connectivity index is 1.31. The molecule has 1 spiro atoms. The number of piperidine rings is 2. The van der Waals surface area contributed by atoms with Crippen molar-refractivity contribution < 1.29 is 18.8 Å². The Morgan fingerprint density at radius 1 is 1.29 bits per heavy atom. The van der Waals surface area contributed by atoms with Crippen LogP contribution in [-0.4, -0.2) is 59.1 Å². The quantitative estimate of drug-likeness (QED) is 0.524. The number of benzene rings is 1. The van der Waals surface area contributed by atoms with E-state index in [4.69, 9.17) is 20.9 Å². The first-order chi connectivity index (χ1) is 17.0. The third-order valence-corrected chi connectivity index (χ3v) is 7.75. The van der Waals surface area contributed by atoms with E-state index in [1.165, 1.54) is 12.8 Å². The van der Waals surface area contributed by atoms with E-state index in [-0.39, 0.29) is 23.7 Å². The Hall–Kier alpha value is -2.38. The molecule has 1 aliphatic carbocycles. The van der Waals surface area contributed by atoms with Gasteiger partial charge in [0.15, 0.2) is 0 Å². The van der Waals surface area contributed by atoms with Gasteiger partial charge in [-0.2, -0.15) is 0 Å². The maximum atomic E-state index is 13.8. The SMILES string of the molecule is CCCc1cc(C(=O)N2CCC[C@@]3(C[C@H](OCc4ccc(Cl)cc4)CN(CC4CC4)C3=O)C2)on1.